The standard InChI is InChI=1S/C11H11BrN2O2/c1-7-13-9-6-8(2-3-10(9)16-7)14-11(15)4-5-12/h2-3,6H,4-5H2,1H3,(H,14,15). The number of oxazole rings is 1. The van der Waals surface area contributed by atoms with Gasteiger partial charge in [0, 0.05) is 24.4 Å². The fourth-order valence-corrected chi connectivity index (χ4v) is 1.79. The monoisotopic (exact) mass is 282 g/mol. The van der Waals surface area contributed by atoms with Gasteiger partial charge in [-0.05, 0) is 18.2 Å². The van der Waals surface area contributed by atoms with Crippen LogP contribution in [0.3, 0.4) is 0 Å². The number of anilines is 1. The van der Waals surface area contributed by atoms with E-state index in [1.807, 2.05) is 0 Å². The van der Waals surface area contributed by atoms with Crippen molar-refractivity contribution in [1.29, 1.82) is 0 Å². The number of fused-ring (bicyclic) bond motifs is 1. The molecule has 1 aromatic heterocycles. The van der Waals surface area contributed by atoms with Crippen molar-refractivity contribution in [2.45, 2.75) is 13.3 Å². The minimum atomic E-state index is -0.0172. The first-order valence-corrected chi connectivity index (χ1v) is 6.04. The van der Waals surface area contributed by atoms with E-state index in [4.69, 9.17) is 4.42 Å². The normalized spacial score (nSPS) is 10.6. The average molecular weight is 283 g/mol. The molecule has 0 aliphatic carbocycles. The van der Waals surface area contributed by atoms with Crippen molar-refractivity contribution in [2.24, 2.45) is 0 Å². The van der Waals surface area contributed by atoms with Gasteiger partial charge in [0.15, 0.2) is 11.5 Å². The molecule has 0 radical (unpaired) electrons. The van der Waals surface area contributed by atoms with E-state index in [-0.39, 0.29) is 5.91 Å². The number of alkyl halides is 1. The lowest BCUT2D eigenvalue weighted by molar-refractivity contribution is -0.115. The Bertz CT molecular complexity index is 522. The zero-order valence-electron chi connectivity index (χ0n) is 8.79. The van der Waals surface area contributed by atoms with Crippen molar-refractivity contribution in [2.75, 3.05) is 10.6 Å². The number of nitrogens with zero attached hydrogens (tertiary/aromatic N) is 1. The highest BCUT2D eigenvalue weighted by atomic mass is 79.9. The number of amides is 1. The second-order valence-electron chi connectivity index (χ2n) is 3.40. The van der Waals surface area contributed by atoms with Crippen LogP contribution < -0.4 is 5.32 Å². The smallest absolute Gasteiger partial charge is 0.225 e. The number of carbonyl (C=O) groups is 1. The van der Waals surface area contributed by atoms with E-state index < -0.39 is 0 Å². The average Bonchev–Trinajstić information content (AvgIpc) is 2.57. The Morgan fingerprint density at radius 3 is 3.12 bits per heavy atom. The molecule has 1 heterocycles. The van der Waals surface area contributed by atoms with Crippen molar-refractivity contribution in [3.05, 3.63) is 24.1 Å². The van der Waals surface area contributed by atoms with Crippen molar-refractivity contribution < 1.29 is 9.21 Å². The summed E-state index contributed by atoms with van der Waals surface area (Å²) < 4.78 is 5.34. The largest absolute Gasteiger partial charge is 0.441 e. The second-order valence-corrected chi connectivity index (χ2v) is 4.20. The molecule has 0 fully saturated rings. The van der Waals surface area contributed by atoms with Crippen molar-refractivity contribution >= 4 is 38.6 Å². The third-order valence-corrected chi connectivity index (χ3v) is 2.50. The molecule has 2 aromatic rings. The van der Waals surface area contributed by atoms with Crippen molar-refractivity contribution in [1.82, 2.24) is 4.98 Å². The fourth-order valence-electron chi connectivity index (χ4n) is 1.43. The fraction of sp³-hybridized carbons (Fsp3) is 0.273. The van der Waals surface area contributed by atoms with Gasteiger partial charge in [0.05, 0.1) is 0 Å². The molecule has 5 heteroatoms. The van der Waals surface area contributed by atoms with Gasteiger partial charge in [-0.15, -0.1) is 0 Å². The Morgan fingerprint density at radius 1 is 1.56 bits per heavy atom. The third kappa shape index (κ3) is 2.41. The lowest BCUT2D eigenvalue weighted by Gasteiger charge is -2.02. The summed E-state index contributed by atoms with van der Waals surface area (Å²) in [6.07, 6.45) is 0.454. The molecular formula is C11H11BrN2O2. The minimum Gasteiger partial charge on any atom is -0.441 e. The van der Waals surface area contributed by atoms with Crippen LogP contribution in [-0.4, -0.2) is 16.2 Å². The van der Waals surface area contributed by atoms with Crippen LogP contribution >= 0.6 is 15.9 Å². The number of aryl methyl sites for hydroxylation is 1. The molecule has 2 rings (SSSR count). The van der Waals surface area contributed by atoms with Gasteiger partial charge in [-0.3, -0.25) is 4.79 Å². The summed E-state index contributed by atoms with van der Waals surface area (Å²) in [6.45, 7) is 1.79. The summed E-state index contributed by atoms with van der Waals surface area (Å²) in [5.41, 5.74) is 2.23. The zero-order chi connectivity index (χ0) is 11.5. The second kappa shape index (κ2) is 4.65. The van der Waals surface area contributed by atoms with Gasteiger partial charge in [-0.1, -0.05) is 15.9 Å². The maximum atomic E-state index is 11.4. The Hall–Kier alpha value is -1.36. The quantitative estimate of drug-likeness (QED) is 0.881. The third-order valence-electron chi connectivity index (χ3n) is 2.10. The van der Waals surface area contributed by atoms with Gasteiger partial charge in [-0.2, -0.15) is 0 Å². The van der Waals surface area contributed by atoms with Crippen LogP contribution in [0.2, 0.25) is 0 Å². The van der Waals surface area contributed by atoms with Crippen LogP contribution in [-0.2, 0) is 4.79 Å². The topological polar surface area (TPSA) is 55.1 Å². The number of halogens is 1. The molecule has 16 heavy (non-hydrogen) atoms. The predicted octanol–water partition coefficient (Wildman–Crippen LogP) is 2.86. The summed E-state index contributed by atoms with van der Waals surface area (Å²) in [4.78, 5) is 15.6. The summed E-state index contributed by atoms with van der Waals surface area (Å²) in [5, 5.41) is 3.45. The van der Waals surface area contributed by atoms with Gasteiger partial charge < -0.3 is 9.73 Å². The van der Waals surface area contributed by atoms with E-state index >= 15 is 0 Å². The Morgan fingerprint density at radius 2 is 2.38 bits per heavy atom. The minimum absolute atomic E-state index is 0.0172. The van der Waals surface area contributed by atoms with E-state index in [0.29, 0.717) is 17.6 Å². The van der Waals surface area contributed by atoms with Gasteiger partial charge in [0.25, 0.3) is 0 Å². The molecule has 1 N–H and O–H groups in total. The summed E-state index contributed by atoms with van der Waals surface area (Å²) in [5.74, 6) is 0.607. The number of carbonyl (C=O) groups excluding carboxylic acids is 1. The van der Waals surface area contributed by atoms with Crippen LogP contribution in [0.4, 0.5) is 5.69 Å². The molecule has 4 nitrogen and oxygen atoms in total. The zero-order valence-corrected chi connectivity index (χ0v) is 10.4. The van der Waals surface area contributed by atoms with Gasteiger partial charge in [-0.25, -0.2) is 4.98 Å². The number of rotatable bonds is 3. The first-order chi connectivity index (χ1) is 7.69. The molecule has 0 atom stereocenters. The first-order valence-electron chi connectivity index (χ1n) is 4.92. The lowest BCUT2D eigenvalue weighted by atomic mass is 10.3. The molecule has 0 aliphatic rings. The molecular weight excluding hydrogens is 272 g/mol. The predicted molar refractivity (Wildman–Crippen MR) is 65.8 cm³/mol. The van der Waals surface area contributed by atoms with E-state index in [2.05, 4.69) is 26.2 Å². The Balaban J connectivity index is 2.22. The van der Waals surface area contributed by atoms with Gasteiger partial charge in [0.1, 0.15) is 5.52 Å². The Labute approximate surface area is 101 Å². The SMILES string of the molecule is Cc1nc2cc(NC(=O)CCBr)ccc2o1. The lowest BCUT2D eigenvalue weighted by Crippen LogP contribution is -2.11. The number of hydrogen-bond donors (Lipinski definition) is 1. The summed E-state index contributed by atoms with van der Waals surface area (Å²) in [6, 6.07) is 5.41. The molecule has 1 aromatic carbocycles. The molecule has 0 saturated carbocycles. The van der Waals surface area contributed by atoms with E-state index in [1.54, 1.807) is 25.1 Å². The number of nitrogens with one attached hydrogen (secondary N) is 1. The van der Waals surface area contributed by atoms with E-state index in [9.17, 15) is 4.79 Å². The van der Waals surface area contributed by atoms with Crippen molar-refractivity contribution in [3.8, 4) is 0 Å². The molecule has 0 spiro atoms. The van der Waals surface area contributed by atoms with E-state index in [0.717, 1.165) is 16.8 Å². The molecule has 0 bridgehead atoms. The van der Waals surface area contributed by atoms with Gasteiger partial charge >= 0.3 is 0 Å². The highest BCUT2D eigenvalue weighted by molar-refractivity contribution is 9.09. The first kappa shape index (κ1) is 11.1. The number of benzene rings is 1. The highest BCUT2D eigenvalue weighted by Crippen LogP contribution is 2.19. The molecule has 1 amide bonds. The van der Waals surface area contributed by atoms with Crippen LogP contribution in [0.1, 0.15) is 12.3 Å². The molecule has 84 valence electrons. The molecule has 0 aliphatic heterocycles. The summed E-state index contributed by atoms with van der Waals surface area (Å²) >= 11 is 3.22. The van der Waals surface area contributed by atoms with E-state index in [1.165, 1.54) is 0 Å². The molecule has 0 unspecified atom stereocenters. The number of hydrogen-bond acceptors (Lipinski definition) is 3. The highest BCUT2D eigenvalue weighted by Gasteiger charge is 2.05. The summed E-state index contributed by atoms with van der Waals surface area (Å²) in [7, 11) is 0. The number of aromatic nitrogens is 1. The molecule has 0 saturated heterocycles. The van der Waals surface area contributed by atoms with Crippen LogP contribution in [0.25, 0.3) is 11.1 Å². The Kier molecular flexibility index (Phi) is 3.24. The van der Waals surface area contributed by atoms with Crippen LogP contribution in [0.5, 0.6) is 0 Å². The van der Waals surface area contributed by atoms with Crippen LogP contribution in [0, 0.1) is 6.92 Å². The van der Waals surface area contributed by atoms with Gasteiger partial charge in [0.2, 0.25) is 5.91 Å². The van der Waals surface area contributed by atoms with Crippen molar-refractivity contribution in [3.63, 3.8) is 0 Å². The van der Waals surface area contributed by atoms with Crippen LogP contribution in [0.15, 0.2) is 22.6 Å². The maximum Gasteiger partial charge on any atom is 0.225 e. The maximum absolute atomic E-state index is 11.4.